The highest BCUT2D eigenvalue weighted by molar-refractivity contribution is 5.75. The minimum absolute atomic E-state index is 0.369. The van der Waals surface area contributed by atoms with Crippen molar-refractivity contribution < 1.29 is 9.90 Å². The number of carboxylic acids is 1. The van der Waals surface area contributed by atoms with E-state index in [0.29, 0.717) is 5.41 Å². The molecule has 1 N–H and O–H groups in total. The van der Waals surface area contributed by atoms with E-state index in [1.165, 1.54) is 12.8 Å². The summed E-state index contributed by atoms with van der Waals surface area (Å²) < 4.78 is 0. The molecule has 1 aliphatic heterocycles. The summed E-state index contributed by atoms with van der Waals surface area (Å²) in [5.74, 6) is -0.568. The lowest BCUT2D eigenvalue weighted by molar-refractivity contribution is -0.152. The van der Waals surface area contributed by atoms with E-state index in [2.05, 4.69) is 18.7 Å². The van der Waals surface area contributed by atoms with E-state index in [1.54, 1.807) is 0 Å². The lowest BCUT2D eigenvalue weighted by Crippen LogP contribution is -2.44. The molecule has 1 saturated heterocycles. The Bertz CT molecular complexity index is 293. The Morgan fingerprint density at radius 3 is 2.29 bits per heavy atom. The van der Waals surface area contributed by atoms with Gasteiger partial charge in [0.05, 0.1) is 5.41 Å². The quantitative estimate of drug-likeness (QED) is 0.823. The Morgan fingerprint density at radius 2 is 1.82 bits per heavy atom. The standard InChI is InChI=1S/C14H25NO2/c1-13(2)8-9-15(10-13)11-14(12(16)17)6-4-3-5-7-14/h3-11H2,1-2H3,(H,16,17). The predicted molar refractivity (Wildman–Crippen MR) is 68.0 cm³/mol. The summed E-state index contributed by atoms with van der Waals surface area (Å²) in [4.78, 5) is 14.0. The Kier molecular flexibility index (Phi) is 3.48. The number of hydrogen-bond acceptors (Lipinski definition) is 2. The Balaban J connectivity index is 2.01. The molecule has 2 fully saturated rings. The zero-order chi connectivity index (χ0) is 12.5. The molecular weight excluding hydrogens is 214 g/mol. The first kappa shape index (κ1) is 12.9. The number of hydrogen-bond donors (Lipinski definition) is 1. The van der Waals surface area contributed by atoms with Crippen molar-refractivity contribution in [3.05, 3.63) is 0 Å². The van der Waals surface area contributed by atoms with Crippen molar-refractivity contribution in [3.8, 4) is 0 Å². The zero-order valence-corrected chi connectivity index (χ0v) is 11.2. The second-order valence-electron chi connectivity index (χ2n) is 6.77. The monoisotopic (exact) mass is 239 g/mol. The molecule has 3 nitrogen and oxygen atoms in total. The molecule has 0 amide bonds. The van der Waals surface area contributed by atoms with Crippen LogP contribution in [0.5, 0.6) is 0 Å². The van der Waals surface area contributed by atoms with Gasteiger partial charge in [0.15, 0.2) is 0 Å². The van der Waals surface area contributed by atoms with Crippen molar-refractivity contribution in [2.45, 2.75) is 52.4 Å². The zero-order valence-electron chi connectivity index (χ0n) is 11.2. The first-order valence-electron chi connectivity index (χ1n) is 6.89. The third-order valence-corrected chi connectivity index (χ3v) is 4.55. The van der Waals surface area contributed by atoms with E-state index < -0.39 is 11.4 Å². The average molecular weight is 239 g/mol. The number of carboxylic acid groups (broad SMARTS) is 1. The van der Waals surface area contributed by atoms with E-state index in [-0.39, 0.29) is 0 Å². The van der Waals surface area contributed by atoms with Gasteiger partial charge in [-0.2, -0.15) is 0 Å². The van der Waals surface area contributed by atoms with Crippen molar-refractivity contribution in [3.63, 3.8) is 0 Å². The highest BCUT2D eigenvalue weighted by Crippen LogP contribution is 2.39. The van der Waals surface area contributed by atoms with E-state index in [4.69, 9.17) is 0 Å². The van der Waals surface area contributed by atoms with Crippen LogP contribution in [0.15, 0.2) is 0 Å². The Morgan fingerprint density at radius 1 is 1.18 bits per heavy atom. The Labute approximate surface area is 104 Å². The molecule has 0 bridgehead atoms. The summed E-state index contributed by atoms with van der Waals surface area (Å²) in [6.45, 7) is 7.46. The molecule has 0 radical (unpaired) electrons. The molecule has 1 heterocycles. The van der Waals surface area contributed by atoms with Crippen molar-refractivity contribution in [1.82, 2.24) is 4.90 Å². The summed E-state index contributed by atoms with van der Waals surface area (Å²) in [6, 6.07) is 0. The second-order valence-corrected chi connectivity index (χ2v) is 6.77. The first-order chi connectivity index (χ1) is 7.94. The second kappa shape index (κ2) is 4.60. The highest BCUT2D eigenvalue weighted by Gasteiger charge is 2.43. The molecule has 2 aliphatic rings. The van der Waals surface area contributed by atoms with Gasteiger partial charge in [0.25, 0.3) is 0 Å². The molecule has 0 aromatic carbocycles. The number of rotatable bonds is 3. The largest absolute Gasteiger partial charge is 0.481 e. The summed E-state index contributed by atoms with van der Waals surface area (Å²) >= 11 is 0. The van der Waals surface area contributed by atoms with Crippen molar-refractivity contribution in [1.29, 1.82) is 0 Å². The molecule has 0 unspecified atom stereocenters. The highest BCUT2D eigenvalue weighted by atomic mass is 16.4. The van der Waals surface area contributed by atoms with Crippen LogP contribution in [0.1, 0.15) is 52.4 Å². The molecule has 1 saturated carbocycles. The fourth-order valence-corrected chi connectivity index (χ4v) is 3.46. The lowest BCUT2D eigenvalue weighted by Gasteiger charge is -2.36. The average Bonchev–Trinajstić information content (AvgIpc) is 2.59. The lowest BCUT2D eigenvalue weighted by atomic mass is 9.73. The molecule has 98 valence electrons. The summed E-state index contributed by atoms with van der Waals surface area (Å²) in [5.41, 5.74) is -0.0764. The molecule has 2 rings (SSSR count). The van der Waals surface area contributed by atoms with Crippen LogP contribution < -0.4 is 0 Å². The molecule has 17 heavy (non-hydrogen) atoms. The van der Waals surface area contributed by atoms with E-state index >= 15 is 0 Å². The van der Waals surface area contributed by atoms with Gasteiger partial charge in [-0.05, 0) is 31.2 Å². The van der Waals surface area contributed by atoms with E-state index in [9.17, 15) is 9.90 Å². The normalized spacial score (nSPS) is 28.1. The first-order valence-corrected chi connectivity index (χ1v) is 6.89. The van der Waals surface area contributed by atoms with Crippen LogP contribution in [0.2, 0.25) is 0 Å². The molecule has 3 heteroatoms. The van der Waals surface area contributed by atoms with Crippen molar-refractivity contribution in [2.75, 3.05) is 19.6 Å². The van der Waals surface area contributed by atoms with Crippen molar-refractivity contribution >= 4 is 5.97 Å². The van der Waals surface area contributed by atoms with Gasteiger partial charge >= 0.3 is 5.97 Å². The molecule has 0 atom stereocenters. The minimum Gasteiger partial charge on any atom is -0.481 e. The molecule has 1 aliphatic carbocycles. The SMILES string of the molecule is CC1(C)CCN(CC2(C(=O)O)CCCCC2)C1. The van der Waals surface area contributed by atoms with E-state index in [0.717, 1.165) is 45.3 Å². The predicted octanol–water partition coefficient (Wildman–Crippen LogP) is 2.75. The minimum atomic E-state index is -0.568. The summed E-state index contributed by atoms with van der Waals surface area (Å²) in [6.07, 6.45) is 6.33. The fraction of sp³-hybridized carbons (Fsp3) is 0.929. The van der Waals surface area contributed by atoms with Crippen LogP contribution in [-0.2, 0) is 4.79 Å². The van der Waals surface area contributed by atoms with Gasteiger partial charge in [0.2, 0.25) is 0 Å². The number of aliphatic carboxylic acids is 1. The van der Waals surface area contributed by atoms with Crippen LogP contribution in [0.3, 0.4) is 0 Å². The van der Waals surface area contributed by atoms with Gasteiger partial charge in [0, 0.05) is 13.1 Å². The molecule has 0 spiro atoms. The van der Waals surface area contributed by atoms with Crippen LogP contribution in [0.25, 0.3) is 0 Å². The maximum Gasteiger partial charge on any atom is 0.310 e. The number of nitrogens with zero attached hydrogens (tertiary/aromatic N) is 1. The number of likely N-dealkylation sites (tertiary alicyclic amines) is 1. The van der Waals surface area contributed by atoms with Gasteiger partial charge in [-0.15, -0.1) is 0 Å². The molecular formula is C14H25NO2. The topological polar surface area (TPSA) is 40.5 Å². The third kappa shape index (κ3) is 2.82. The van der Waals surface area contributed by atoms with Gasteiger partial charge in [-0.1, -0.05) is 33.1 Å². The smallest absolute Gasteiger partial charge is 0.310 e. The number of carbonyl (C=O) groups is 1. The summed E-state index contributed by atoms with van der Waals surface area (Å²) in [5, 5.41) is 9.55. The van der Waals surface area contributed by atoms with Crippen LogP contribution in [0.4, 0.5) is 0 Å². The van der Waals surface area contributed by atoms with Crippen molar-refractivity contribution in [2.24, 2.45) is 10.8 Å². The van der Waals surface area contributed by atoms with Gasteiger partial charge in [-0.3, -0.25) is 4.79 Å². The maximum absolute atomic E-state index is 11.6. The van der Waals surface area contributed by atoms with Gasteiger partial charge in [0.1, 0.15) is 0 Å². The van der Waals surface area contributed by atoms with Crippen LogP contribution in [0, 0.1) is 10.8 Å². The Hall–Kier alpha value is -0.570. The van der Waals surface area contributed by atoms with Crippen LogP contribution >= 0.6 is 0 Å². The van der Waals surface area contributed by atoms with E-state index in [1.807, 2.05) is 0 Å². The maximum atomic E-state index is 11.6. The third-order valence-electron chi connectivity index (χ3n) is 4.55. The van der Waals surface area contributed by atoms with Gasteiger partial charge in [-0.25, -0.2) is 0 Å². The van der Waals surface area contributed by atoms with Crippen LogP contribution in [-0.4, -0.2) is 35.6 Å². The fourth-order valence-electron chi connectivity index (χ4n) is 3.46. The summed E-state index contributed by atoms with van der Waals surface area (Å²) in [7, 11) is 0. The molecule has 0 aromatic heterocycles. The van der Waals surface area contributed by atoms with Gasteiger partial charge < -0.3 is 10.0 Å². The molecule has 0 aromatic rings.